The minimum absolute atomic E-state index is 0.0391. The van der Waals surface area contributed by atoms with E-state index >= 15 is 0 Å². The fourth-order valence-corrected chi connectivity index (χ4v) is 6.21. The molecule has 0 spiro atoms. The van der Waals surface area contributed by atoms with Crippen LogP contribution in [0.3, 0.4) is 0 Å². The van der Waals surface area contributed by atoms with E-state index in [-0.39, 0.29) is 35.3 Å². The van der Waals surface area contributed by atoms with Crippen molar-refractivity contribution in [1.82, 2.24) is 4.90 Å². The van der Waals surface area contributed by atoms with Crippen molar-refractivity contribution in [3.05, 3.63) is 39.7 Å². The normalized spacial score (nSPS) is 26.1. The predicted molar refractivity (Wildman–Crippen MR) is 145 cm³/mol. The number of nitrogens with two attached hydrogens (primary N) is 1. The first-order valence-corrected chi connectivity index (χ1v) is 13.0. The van der Waals surface area contributed by atoms with Crippen molar-refractivity contribution >= 4 is 28.9 Å². The van der Waals surface area contributed by atoms with Crippen LogP contribution in [-0.4, -0.2) is 82.6 Å². The molecule has 3 aliphatic rings. The first-order chi connectivity index (χ1) is 18.3. The van der Waals surface area contributed by atoms with Gasteiger partial charge in [-0.2, -0.15) is 0 Å². The molecule has 4 atom stereocenters. The van der Waals surface area contributed by atoms with Crippen LogP contribution in [0.5, 0.6) is 5.75 Å². The summed E-state index contributed by atoms with van der Waals surface area (Å²) in [5, 5.41) is 45.4. The van der Waals surface area contributed by atoms with Gasteiger partial charge in [-0.15, -0.1) is 0 Å². The molecule has 0 aromatic heterocycles. The largest absolute Gasteiger partial charge is 0.508 e. The number of anilines is 1. The number of likely N-dealkylation sites (N-methyl/N-ethyl adjacent to an activating group) is 1. The van der Waals surface area contributed by atoms with Gasteiger partial charge in [0.25, 0.3) is 5.91 Å². The highest BCUT2D eigenvalue weighted by molar-refractivity contribution is 6.24. The molecule has 208 valence electrons. The number of hydrogen-bond acceptors (Lipinski definition) is 9. The second-order valence-electron chi connectivity index (χ2n) is 10.9. The standard InChI is InChI=1S/C29H35N3O7/c1-6-7-8-9-10-14-13-18(31(2)3)16-11-15-12-17-22(32(4)5)25(35)21(28(30)38)27(37)29(17,39)26(36)19(15)24(34)20(16)23(14)33/h13,15,17,22,33-34,37,39H,6-8,11-12H2,1-5H3,(H2,30,38). The van der Waals surface area contributed by atoms with Gasteiger partial charge in [0.15, 0.2) is 11.4 Å². The number of phenols is 1. The third-order valence-electron chi connectivity index (χ3n) is 8.06. The highest BCUT2D eigenvalue weighted by atomic mass is 16.3. The highest BCUT2D eigenvalue weighted by Gasteiger charge is 2.64. The number of Topliss-reactive ketones (excluding diaryl/α,β-unsaturated/α-hetero) is 2. The molecule has 0 saturated heterocycles. The van der Waals surface area contributed by atoms with Crippen LogP contribution in [0.1, 0.15) is 49.3 Å². The Morgan fingerprint density at radius 3 is 2.41 bits per heavy atom. The van der Waals surface area contributed by atoms with Gasteiger partial charge in [0, 0.05) is 37.7 Å². The minimum atomic E-state index is -2.66. The molecule has 3 aliphatic carbocycles. The molecule has 1 amide bonds. The highest BCUT2D eigenvalue weighted by Crippen LogP contribution is 2.54. The fraction of sp³-hybridized carbons (Fsp3) is 0.483. The van der Waals surface area contributed by atoms with Crippen molar-refractivity contribution in [2.45, 2.75) is 50.7 Å². The average molecular weight is 538 g/mol. The second kappa shape index (κ2) is 10.1. The number of aliphatic hydroxyl groups is 3. The lowest BCUT2D eigenvalue weighted by molar-refractivity contribution is -0.153. The monoisotopic (exact) mass is 537 g/mol. The van der Waals surface area contributed by atoms with Gasteiger partial charge >= 0.3 is 0 Å². The molecule has 0 heterocycles. The van der Waals surface area contributed by atoms with Crippen LogP contribution >= 0.6 is 0 Å². The van der Waals surface area contributed by atoms with E-state index in [1.54, 1.807) is 20.2 Å². The van der Waals surface area contributed by atoms with Gasteiger partial charge in [0.1, 0.15) is 22.8 Å². The molecule has 4 unspecified atom stereocenters. The Hall–Kier alpha value is -3.81. The maximum atomic E-state index is 14.0. The maximum absolute atomic E-state index is 14.0. The lowest BCUT2D eigenvalue weighted by atomic mass is 9.57. The lowest BCUT2D eigenvalue weighted by Crippen LogP contribution is -2.65. The zero-order valence-corrected chi connectivity index (χ0v) is 22.8. The number of phenolic OH excluding ortho intramolecular Hbond substituents is 1. The molecule has 10 nitrogen and oxygen atoms in total. The molecule has 1 aromatic rings. The summed E-state index contributed by atoms with van der Waals surface area (Å²) in [5.74, 6) is -0.749. The molecule has 0 radical (unpaired) electrons. The molecule has 39 heavy (non-hydrogen) atoms. The number of fused-ring (bicyclic) bond motifs is 3. The SMILES string of the molecule is CCCCC#Cc1cc(N(C)C)c2c(c1O)C(O)=C1C(=O)C3(O)C(O)=C(C(N)=O)C(=O)C(N(C)C)C3CC1C2. The van der Waals surface area contributed by atoms with Crippen molar-refractivity contribution in [2.24, 2.45) is 17.6 Å². The average Bonchev–Trinajstić information content (AvgIpc) is 2.84. The number of carbonyl (C=O) groups excluding carboxylic acids is 3. The van der Waals surface area contributed by atoms with Crippen molar-refractivity contribution in [3.63, 3.8) is 0 Å². The van der Waals surface area contributed by atoms with Crippen molar-refractivity contribution in [1.29, 1.82) is 0 Å². The van der Waals surface area contributed by atoms with Gasteiger partial charge < -0.3 is 31.1 Å². The number of benzene rings is 1. The van der Waals surface area contributed by atoms with Crippen LogP contribution in [0.25, 0.3) is 5.76 Å². The van der Waals surface area contributed by atoms with E-state index < -0.39 is 58.0 Å². The fourth-order valence-electron chi connectivity index (χ4n) is 6.21. The van der Waals surface area contributed by atoms with Gasteiger partial charge in [-0.1, -0.05) is 25.2 Å². The Bertz CT molecular complexity index is 1400. The van der Waals surface area contributed by atoms with Crippen molar-refractivity contribution in [2.75, 3.05) is 33.1 Å². The summed E-state index contributed by atoms with van der Waals surface area (Å²) in [7, 11) is 6.77. The number of rotatable bonds is 5. The number of primary amides is 1. The first-order valence-electron chi connectivity index (χ1n) is 13.0. The first kappa shape index (κ1) is 28.2. The summed E-state index contributed by atoms with van der Waals surface area (Å²) in [6, 6.07) is 0.622. The van der Waals surface area contributed by atoms with E-state index in [1.165, 1.54) is 4.90 Å². The summed E-state index contributed by atoms with van der Waals surface area (Å²) in [6.45, 7) is 2.05. The minimum Gasteiger partial charge on any atom is -0.508 e. The molecule has 1 saturated carbocycles. The van der Waals surface area contributed by atoms with E-state index in [1.807, 2.05) is 25.9 Å². The van der Waals surface area contributed by atoms with Crippen LogP contribution in [0.15, 0.2) is 23.0 Å². The number of aliphatic hydroxyl groups excluding tert-OH is 2. The summed E-state index contributed by atoms with van der Waals surface area (Å²) >= 11 is 0. The predicted octanol–water partition coefficient (Wildman–Crippen LogP) is 1.57. The molecule has 6 N–H and O–H groups in total. The summed E-state index contributed by atoms with van der Waals surface area (Å²) in [6.07, 6.45) is 2.75. The van der Waals surface area contributed by atoms with Gasteiger partial charge in [0.2, 0.25) is 5.78 Å². The Morgan fingerprint density at radius 1 is 1.18 bits per heavy atom. The van der Waals surface area contributed by atoms with Gasteiger partial charge in [-0.3, -0.25) is 19.3 Å². The zero-order valence-electron chi connectivity index (χ0n) is 22.8. The summed E-state index contributed by atoms with van der Waals surface area (Å²) in [4.78, 5) is 42.6. The Morgan fingerprint density at radius 2 is 1.85 bits per heavy atom. The molecule has 1 fully saturated rings. The van der Waals surface area contributed by atoms with E-state index in [4.69, 9.17) is 5.73 Å². The van der Waals surface area contributed by atoms with E-state index in [0.717, 1.165) is 12.8 Å². The lowest BCUT2D eigenvalue weighted by Gasteiger charge is -2.50. The molecule has 1 aromatic carbocycles. The smallest absolute Gasteiger partial charge is 0.255 e. The molecule has 0 bridgehead atoms. The number of amides is 1. The molecular weight excluding hydrogens is 502 g/mol. The Labute approximate surface area is 227 Å². The quantitative estimate of drug-likeness (QED) is 0.213. The number of aromatic hydroxyl groups is 1. The van der Waals surface area contributed by atoms with Gasteiger partial charge in [-0.05, 0) is 50.9 Å². The van der Waals surface area contributed by atoms with Crippen LogP contribution in [-0.2, 0) is 20.8 Å². The van der Waals surface area contributed by atoms with E-state index in [2.05, 4.69) is 11.8 Å². The molecule has 10 heteroatoms. The number of nitrogens with zero attached hydrogens (tertiary/aromatic N) is 2. The third kappa shape index (κ3) is 4.17. The number of carbonyl (C=O) groups is 3. The summed E-state index contributed by atoms with van der Waals surface area (Å²) in [5.41, 5.74) is 3.31. The zero-order chi connectivity index (χ0) is 29.0. The van der Waals surface area contributed by atoms with E-state index in [9.17, 15) is 34.8 Å². The van der Waals surface area contributed by atoms with Gasteiger partial charge in [-0.25, -0.2) is 0 Å². The molecular formula is C29H35N3O7. The molecule has 4 rings (SSSR count). The maximum Gasteiger partial charge on any atom is 0.255 e. The van der Waals surface area contributed by atoms with Crippen LogP contribution < -0.4 is 10.6 Å². The third-order valence-corrected chi connectivity index (χ3v) is 8.06. The second-order valence-corrected chi connectivity index (χ2v) is 10.9. The number of ketones is 2. The Kier molecular flexibility index (Phi) is 7.27. The van der Waals surface area contributed by atoms with Crippen molar-refractivity contribution < 1.29 is 34.8 Å². The van der Waals surface area contributed by atoms with Crippen LogP contribution in [0.4, 0.5) is 5.69 Å². The molecule has 0 aliphatic heterocycles. The van der Waals surface area contributed by atoms with E-state index in [0.29, 0.717) is 17.7 Å². The Balaban J connectivity index is 1.96. The number of unbranched alkanes of at least 4 members (excludes halogenated alkanes) is 2. The van der Waals surface area contributed by atoms with Crippen LogP contribution in [0, 0.1) is 23.7 Å². The van der Waals surface area contributed by atoms with Crippen LogP contribution in [0.2, 0.25) is 0 Å². The van der Waals surface area contributed by atoms with Crippen molar-refractivity contribution in [3.8, 4) is 17.6 Å². The van der Waals surface area contributed by atoms with Gasteiger partial charge in [0.05, 0.1) is 17.2 Å². The topological polar surface area (TPSA) is 165 Å². The number of hydrogen-bond donors (Lipinski definition) is 5. The summed E-state index contributed by atoms with van der Waals surface area (Å²) < 4.78 is 0.